The zero-order chi connectivity index (χ0) is 15.8. The molecule has 0 spiro atoms. The molecular weight excluding hydrogens is 292 g/mol. The Morgan fingerprint density at radius 3 is 2.62 bits per heavy atom. The van der Waals surface area contributed by atoms with Crippen LogP contribution in [0.25, 0.3) is 0 Å². The first-order valence-corrected chi connectivity index (χ1v) is 7.95. The number of carbonyl (C=O) groups is 2. The molecule has 1 amide bonds. The Morgan fingerprint density at radius 1 is 1.38 bits per heavy atom. The summed E-state index contributed by atoms with van der Waals surface area (Å²) >= 11 is 1.17. The second-order valence-corrected chi connectivity index (χ2v) is 5.43. The van der Waals surface area contributed by atoms with Gasteiger partial charge in [0.05, 0.1) is 6.61 Å². The monoisotopic (exact) mass is 314 g/mol. The highest BCUT2D eigenvalue weighted by Gasteiger charge is 2.16. The lowest BCUT2D eigenvalue weighted by molar-refractivity contribution is -0.148. The quantitative estimate of drug-likeness (QED) is 0.680. The molecule has 0 aliphatic rings. The average Bonchev–Trinajstić information content (AvgIpc) is 2.76. The van der Waals surface area contributed by atoms with Crippen molar-refractivity contribution in [1.29, 1.82) is 0 Å². The van der Waals surface area contributed by atoms with Crippen molar-refractivity contribution >= 4 is 23.2 Å². The van der Waals surface area contributed by atoms with Gasteiger partial charge in [0.25, 0.3) is 0 Å². The van der Waals surface area contributed by atoms with Gasteiger partial charge in [0.2, 0.25) is 5.91 Å². The maximum absolute atomic E-state index is 12.0. The molecule has 1 aromatic rings. The van der Waals surface area contributed by atoms with Gasteiger partial charge in [0.1, 0.15) is 6.54 Å². The topological polar surface area (TPSA) is 68.6 Å². The van der Waals surface area contributed by atoms with Crippen LogP contribution < -0.4 is 4.87 Å². The van der Waals surface area contributed by atoms with Crippen LogP contribution in [0.4, 0.5) is 0 Å². The number of nitrogens with zero attached hydrogens (tertiary/aromatic N) is 2. The first kappa shape index (κ1) is 17.4. The Morgan fingerprint density at radius 2 is 2.10 bits per heavy atom. The molecular formula is C14H22N2O4S. The molecule has 0 radical (unpaired) electrons. The van der Waals surface area contributed by atoms with Crippen LogP contribution in [0.5, 0.6) is 0 Å². The summed E-state index contributed by atoms with van der Waals surface area (Å²) in [6, 6.07) is 0. The lowest BCUT2D eigenvalue weighted by atomic mass is 10.2. The van der Waals surface area contributed by atoms with Gasteiger partial charge in [-0.3, -0.25) is 14.4 Å². The highest BCUT2D eigenvalue weighted by atomic mass is 32.1. The van der Waals surface area contributed by atoms with E-state index in [1.165, 1.54) is 16.2 Å². The van der Waals surface area contributed by atoms with Crippen molar-refractivity contribution in [2.24, 2.45) is 0 Å². The van der Waals surface area contributed by atoms with Crippen molar-refractivity contribution in [3.63, 3.8) is 0 Å². The molecule has 0 atom stereocenters. The number of hydrogen-bond donors (Lipinski definition) is 0. The summed E-state index contributed by atoms with van der Waals surface area (Å²) < 4.78 is 6.51. The van der Waals surface area contributed by atoms with E-state index >= 15 is 0 Å². The number of aryl methyl sites for hydroxylation is 1. The molecule has 0 bridgehead atoms. The average molecular weight is 314 g/mol. The highest BCUT2D eigenvalue weighted by Crippen LogP contribution is 2.04. The minimum Gasteiger partial charge on any atom is -0.465 e. The van der Waals surface area contributed by atoms with E-state index in [-0.39, 0.29) is 17.3 Å². The highest BCUT2D eigenvalue weighted by molar-refractivity contribution is 7.07. The molecule has 1 aromatic heterocycles. The van der Waals surface area contributed by atoms with Crippen molar-refractivity contribution in [3.8, 4) is 0 Å². The van der Waals surface area contributed by atoms with E-state index in [1.807, 2.05) is 19.2 Å². The summed E-state index contributed by atoms with van der Waals surface area (Å²) in [5.74, 6) is -0.482. The molecule has 0 unspecified atom stereocenters. The summed E-state index contributed by atoms with van der Waals surface area (Å²) in [4.78, 5) is 36.5. The molecule has 118 valence electrons. The van der Waals surface area contributed by atoms with Gasteiger partial charge in [0, 0.05) is 30.6 Å². The summed E-state index contributed by atoms with van der Waals surface area (Å²) in [5.41, 5.74) is 0.913. The summed E-state index contributed by atoms with van der Waals surface area (Å²) in [7, 11) is 0. The third-order valence-corrected chi connectivity index (χ3v) is 3.99. The van der Waals surface area contributed by atoms with E-state index in [0.717, 1.165) is 5.69 Å². The molecule has 0 aliphatic carbocycles. The molecule has 0 fully saturated rings. The number of rotatable bonds is 8. The van der Waals surface area contributed by atoms with Crippen LogP contribution in [0.1, 0.15) is 32.4 Å². The number of aromatic nitrogens is 1. The third kappa shape index (κ3) is 5.34. The Hall–Kier alpha value is -1.63. The minimum atomic E-state index is -0.391. The second-order valence-electron chi connectivity index (χ2n) is 4.61. The molecule has 0 saturated heterocycles. The van der Waals surface area contributed by atoms with Crippen LogP contribution in [0.3, 0.4) is 0 Å². The van der Waals surface area contributed by atoms with Gasteiger partial charge in [-0.25, -0.2) is 0 Å². The molecule has 6 nitrogen and oxygen atoms in total. The second kappa shape index (κ2) is 8.61. The van der Waals surface area contributed by atoms with E-state index in [9.17, 15) is 14.4 Å². The van der Waals surface area contributed by atoms with Crippen LogP contribution in [-0.2, 0) is 20.9 Å². The van der Waals surface area contributed by atoms with E-state index in [4.69, 9.17) is 4.74 Å². The predicted octanol–water partition coefficient (Wildman–Crippen LogP) is 1.41. The predicted molar refractivity (Wildman–Crippen MR) is 81.4 cm³/mol. The Kier molecular flexibility index (Phi) is 7.14. The molecule has 0 saturated carbocycles. The molecule has 7 heteroatoms. The number of thiazole rings is 1. The molecule has 21 heavy (non-hydrogen) atoms. The van der Waals surface area contributed by atoms with Gasteiger partial charge in [0.15, 0.2) is 0 Å². The molecule has 0 aromatic carbocycles. The number of likely N-dealkylation sites (N-methyl/N-ethyl adjacent to an activating group) is 1. The fourth-order valence-electron chi connectivity index (χ4n) is 1.96. The van der Waals surface area contributed by atoms with Crippen LogP contribution in [-0.4, -0.2) is 41.0 Å². The normalized spacial score (nSPS) is 10.4. The fourth-order valence-corrected chi connectivity index (χ4v) is 2.72. The molecule has 0 aliphatic heterocycles. The van der Waals surface area contributed by atoms with Gasteiger partial charge in [-0.2, -0.15) is 0 Å². The van der Waals surface area contributed by atoms with E-state index < -0.39 is 5.97 Å². The Bertz CT molecular complexity index is 535. The number of hydrogen-bond acceptors (Lipinski definition) is 5. The third-order valence-electron chi connectivity index (χ3n) is 3.11. The lowest BCUT2D eigenvalue weighted by Crippen LogP contribution is -2.36. The standard InChI is InChI=1S/C14H22N2O4S/c1-4-15(9-13(18)20-5-2)12(17)7-6-8-16-11(3)10-21-14(16)19/h10H,4-9H2,1-3H3. The summed E-state index contributed by atoms with van der Waals surface area (Å²) in [6.45, 7) is 6.72. The van der Waals surface area contributed by atoms with Crippen LogP contribution in [0.15, 0.2) is 10.2 Å². The molecule has 1 rings (SSSR count). The molecule has 0 N–H and O–H groups in total. The van der Waals surface area contributed by atoms with Gasteiger partial charge in [-0.05, 0) is 27.2 Å². The van der Waals surface area contributed by atoms with Crippen LogP contribution in [0.2, 0.25) is 0 Å². The zero-order valence-electron chi connectivity index (χ0n) is 12.8. The van der Waals surface area contributed by atoms with E-state index in [2.05, 4.69) is 0 Å². The number of ether oxygens (including phenoxy) is 1. The lowest BCUT2D eigenvalue weighted by Gasteiger charge is -2.19. The van der Waals surface area contributed by atoms with Crippen LogP contribution in [0, 0.1) is 6.92 Å². The van der Waals surface area contributed by atoms with Crippen molar-refractivity contribution in [3.05, 3.63) is 20.7 Å². The molecule has 1 heterocycles. The number of amides is 1. The largest absolute Gasteiger partial charge is 0.465 e. The van der Waals surface area contributed by atoms with Crippen molar-refractivity contribution < 1.29 is 14.3 Å². The maximum Gasteiger partial charge on any atom is 0.325 e. The smallest absolute Gasteiger partial charge is 0.325 e. The first-order valence-electron chi connectivity index (χ1n) is 7.07. The van der Waals surface area contributed by atoms with Gasteiger partial charge in [-0.1, -0.05) is 11.3 Å². The Labute approximate surface area is 128 Å². The summed E-state index contributed by atoms with van der Waals surface area (Å²) in [5, 5.41) is 1.81. The maximum atomic E-state index is 12.0. The van der Waals surface area contributed by atoms with Gasteiger partial charge >= 0.3 is 10.8 Å². The van der Waals surface area contributed by atoms with Crippen molar-refractivity contribution in [2.45, 2.75) is 40.2 Å². The van der Waals surface area contributed by atoms with Crippen molar-refractivity contribution in [1.82, 2.24) is 9.47 Å². The minimum absolute atomic E-state index is 0.00109. The fraction of sp³-hybridized carbons (Fsp3) is 0.643. The zero-order valence-corrected chi connectivity index (χ0v) is 13.6. The van der Waals surface area contributed by atoms with Crippen LogP contribution >= 0.6 is 11.3 Å². The number of carbonyl (C=O) groups excluding carboxylic acids is 2. The van der Waals surface area contributed by atoms with E-state index in [0.29, 0.717) is 32.5 Å². The van der Waals surface area contributed by atoms with Crippen molar-refractivity contribution in [2.75, 3.05) is 19.7 Å². The first-order chi connectivity index (χ1) is 9.99. The van der Waals surface area contributed by atoms with E-state index in [1.54, 1.807) is 11.5 Å². The van der Waals surface area contributed by atoms with Gasteiger partial charge < -0.3 is 14.2 Å². The SMILES string of the molecule is CCOC(=O)CN(CC)C(=O)CCCn1c(C)csc1=O. The number of esters is 1. The summed E-state index contributed by atoms with van der Waals surface area (Å²) in [6.07, 6.45) is 0.893. The Balaban J connectivity index is 2.44. The van der Waals surface area contributed by atoms with Gasteiger partial charge in [-0.15, -0.1) is 0 Å².